The summed E-state index contributed by atoms with van der Waals surface area (Å²) in [6.45, 7) is 0.0991. The first-order valence-corrected chi connectivity index (χ1v) is 12.1. The number of hydrogen-bond donors (Lipinski definition) is 1. The fourth-order valence-electron chi connectivity index (χ4n) is 3.76. The largest absolute Gasteiger partial charge is 0.445 e. The summed E-state index contributed by atoms with van der Waals surface area (Å²) in [5.74, 6) is -0.700. The van der Waals surface area contributed by atoms with Crippen LogP contribution in [0, 0.1) is 10.1 Å². The van der Waals surface area contributed by atoms with Crippen LogP contribution in [-0.4, -0.2) is 23.1 Å². The van der Waals surface area contributed by atoms with E-state index in [4.69, 9.17) is 14.2 Å². The molecule has 0 fully saturated rings. The smallest absolute Gasteiger partial charge is 0.408 e. The molecule has 9 heteroatoms. The van der Waals surface area contributed by atoms with Crippen LogP contribution in [0.5, 0.6) is 5.75 Å². The molecule has 198 valence electrons. The predicted octanol–water partition coefficient (Wildman–Crippen LogP) is 5.75. The molecule has 0 radical (unpaired) electrons. The van der Waals surface area contributed by atoms with Crippen LogP contribution in [0.25, 0.3) is 0 Å². The first kappa shape index (κ1) is 27.0. The van der Waals surface area contributed by atoms with Gasteiger partial charge in [-0.05, 0) is 28.8 Å². The maximum Gasteiger partial charge on any atom is 0.408 e. The van der Waals surface area contributed by atoms with E-state index in [0.29, 0.717) is 5.56 Å². The van der Waals surface area contributed by atoms with Crippen molar-refractivity contribution in [1.82, 2.24) is 5.32 Å². The van der Waals surface area contributed by atoms with Crippen molar-refractivity contribution in [3.8, 4) is 5.75 Å². The minimum absolute atomic E-state index is 0.0387. The van der Waals surface area contributed by atoms with Crippen molar-refractivity contribution in [2.75, 3.05) is 0 Å². The van der Waals surface area contributed by atoms with Crippen LogP contribution >= 0.6 is 0 Å². The Morgan fingerprint density at radius 1 is 0.744 bits per heavy atom. The van der Waals surface area contributed by atoms with Crippen LogP contribution < -0.4 is 10.1 Å². The number of esters is 1. The highest BCUT2D eigenvalue weighted by Crippen LogP contribution is 2.25. The van der Waals surface area contributed by atoms with Gasteiger partial charge in [0.2, 0.25) is 0 Å². The van der Waals surface area contributed by atoms with Gasteiger partial charge in [-0.15, -0.1) is 0 Å². The third kappa shape index (κ3) is 7.98. The van der Waals surface area contributed by atoms with E-state index in [2.05, 4.69) is 5.32 Å². The Balaban J connectivity index is 1.57. The molecule has 2 atom stereocenters. The zero-order valence-electron chi connectivity index (χ0n) is 20.8. The summed E-state index contributed by atoms with van der Waals surface area (Å²) in [7, 11) is 0. The van der Waals surface area contributed by atoms with Gasteiger partial charge in [-0.1, -0.05) is 91.0 Å². The molecule has 39 heavy (non-hydrogen) atoms. The van der Waals surface area contributed by atoms with Gasteiger partial charge in [-0.25, -0.2) is 9.59 Å². The number of alkyl carbamates (subject to hydrolysis) is 1. The van der Waals surface area contributed by atoms with Gasteiger partial charge in [-0.3, -0.25) is 10.1 Å². The molecule has 9 nitrogen and oxygen atoms in total. The highest BCUT2D eigenvalue weighted by atomic mass is 16.6. The first-order chi connectivity index (χ1) is 19.0. The molecule has 1 amide bonds. The molecule has 0 unspecified atom stereocenters. The summed E-state index contributed by atoms with van der Waals surface area (Å²) in [4.78, 5) is 36.7. The Morgan fingerprint density at radius 3 is 1.85 bits per heavy atom. The van der Waals surface area contributed by atoms with Crippen LogP contribution in [0.15, 0.2) is 115 Å². The fraction of sp³-hybridized carbons (Fsp3) is 0.133. The van der Waals surface area contributed by atoms with Crippen LogP contribution in [0.3, 0.4) is 0 Å². The van der Waals surface area contributed by atoms with E-state index in [-0.39, 0.29) is 24.7 Å². The van der Waals surface area contributed by atoms with Crippen LogP contribution in [0.1, 0.15) is 22.7 Å². The molecule has 0 aromatic heterocycles. The minimum Gasteiger partial charge on any atom is -0.445 e. The number of hydrogen-bond acceptors (Lipinski definition) is 7. The maximum absolute atomic E-state index is 13.5. The minimum atomic E-state index is -1.29. The summed E-state index contributed by atoms with van der Waals surface area (Å²) in [5.41, 5.74) is 2.06. The number of non-ortho nitro benzene ring substituents is 1. The van der Waals surface area contributed by atoms with Gasteiger partial charge in [0, 0.05) is 12.1 Å². The quantitative estimate of drug-likeness (QED) is 0.114. The Labute approximate surface area is 225 Å². The van der Waals surface area contributed by atoms with E-state index in [1.807, 2.05) is 66.7 Å². The number of carbonyl (C=O) groups is 2. The van der Waals surface area contributed by atoms with Crippen molar-refractivity contribution < 1.29 is 28.7 Å². The molecule has 0 saturated heterocycles. The lowest BCUT2D eigenvalue weighted by atomic mass is 10.0. The molecular weight excluding hydrogens is 500 g/mol. The molecular formula is C30H26N2O7. The number of rotatable bonds is 11. The van der Waals surface area contributed by atoms with Gasteiger partial charge >= 0.3 is 12.1 Å². The normalized spacial score (nSPS) is 12.1. The summed E-state index contributed by atoms with van der Waals surface area (Å²) in [5, 5.41) is 13.7. The molecule has 0 aliphatic carbocycles. The van der Waals surface area contributed by atoms with Gasteiger partial charge in [0.25, 0.3) is 5.69 Å². The number of nitrogens with zero attached hydrogens (tertiary/aromatic N) is 1. The highest BCUT2D eigenvalue weighted by Gasteiger charge is 2.34. The molecule has 4 aromatic carbocycles. The number of nitrogens with one attached hydrogen (secondary N) is 1. The van der Waals surface area contributed by atoms with E-state index in [1.165, 1.54) is 24.3 Å². The molecule has 4 aromatic rings. The van der Waals surface area contributed by atoms with Gasteiger partial charge in [0.05, 0.1) is 17.6 Å². The number of carbonyl (C=O) groups excluding carboxylic acids is 2. The van der Waals surface area contributed by atoms with Gasteiger partial charge in [0.15, 0.2) is 6.10 Å². The maximum atomic E-state index is 13.5. The van der Waals surface area contributed by atoms with Crippen molar-refractivity contribution in [3.63, 3.8) is 0 Å². The summed E-state index contributed by atoms with van der Waals surface area (Å²) >= 11 is 0. The topological polar surface area (TPSA) is 117 Å². The van der Waals surface area contributed by atoms with E-state index in [9.17, 15) is 19.7 Å². The zero-order chi connectivity index (χ0) is 27.5. The van der Waals surface area contributed by atoms with Gasteiger partial charge in [-0.2, -0.15) is 0 Å². The standard InChI is InChI=1S/C30H26N2O7/c33-29(39-26-18-16-25(17-19-26)32(35)36)28(37-20-22-10-4-1-5-11-22)27(24-14-8-3-9-15-24)31-30(34)38-21-23-12-6-2-7-13-23/h1-19,27-28H,20-21H2,(H,31,34)/t27-,28+/m0/s1. The van der Waals surface area contributed by atoms with E-state index in [0.717, 1.165) is 11.1 Å². The first-order valence-electron chi connectivity index (χ1n) is 12.1. The Kier molecular flexibility index (Phi) is 9.36. The molecule has 0 aliphatic rings. The van der Waals surface area contributed by atoms with Gasteiger partial charge < -0.3 is 19.5 Å². The SMILES string of the molecule is O=C(N[C@@H](c1ccccc1)[C@@H](OCc1ccccc1)C(=O)Oc1ccc([N+](=O)[O-])cc1)OCc1ccccc1. The number of nitro groups is 1. The Hall–Kier alpha value is -5.02. The van der Waals surface area contributed by atoms with Crippen molar-refractivity contribution in [2.24, 2.45) is 0 Å². The molecule has 0 heterocycles. The molecule has 0 saturated carbocycles. The molecule has 0 aliphatic heterocycles. The zero-order valence-corrected chi connectivity index (χ0v) is 20.8. The molecule has 4 rings (SSSR count). The molecule has 0 bridgehead atoms. The monoisotopic (exact) mass is 526 g/mol. The lowest BCUT2D eigenvalue weighted by Gasteiger charge is -2.27. The van der Waals surface area contributed by atoms with Crippen LogP contribution in [0.2, 0.25) is 0 Å². The average Bonchev–Trinajstić information content (AvgIpc) is 2.97. The fourth-order valence-corrected chi connectivity index (χ4v) is 3.76. The second-order valence-electron chi connectivity index (χ2n) is 8.48. The lowest BCUT2D eigenvalue weighted by molar-refractivity contribution is -0.384. The van der Waals surface area contributed by atoms with E-state index >= 15 is 0 Å². The summed E-state index contributed by atoms with van der Waals surface area (Å²) < 4.78 is 17.0. The number of ether oxygens (including phenoxy) is 3. The van der Waals surface area contributed by atoms with Crippen LogP contribution in [0.4, 0.5) is 10.5 Å². The average molecular weight is 527 g/mol. The van der Waals surface area contributed by atoms with Crippen LogP contribution in [-0.2, 0) is 27.5 Å². The van der Waals surface area contributed by atoms with E-state index in [1.54, 1.807) is 24.3 Å². The van der Waals surface area contributed by atoms with Gasteiger partial charge in [0.1, 0.15) is 12.4 Å². The Morgan fingerprint density at radius 2 is 1.28 bits per heavy atom. The highest BCUT2D eigenvalue weighted by molar-refractivity contribution is 5.80. The Bertz CT molecular complexity index is 1370. The van der Waals surface area contributed by atoms with Crippen molar-refractivity contribution >= 4 is 17.7 Å². The van der Waals surface area contributed by atoms with Crippen molar-refractivity contribution in [3.05, 3.63) is 142 Å². The predicted molar refractivity (Wildman–Crippen MR) is 143 cm³/mol. The third-order valence-corrected chi connectivity index (χ3v) is 5.72. The van der Waals surface area contributed by atoms with Crippen molar-refractivity contribution in [1.29, 1.82) is 0 Å². The third-order valence-electron chi connectivity index (χ3n) is 5.72. The molecule has 1 N–H and O–H groups in total. The van der Waals surface area contributed by atoms with E-state index < -0.39 is 29.1 Å². The summed E-state index contributed by atoms with van der Waals surface area (Å²) in [6, 6.07) is 31.4. The number of benzene rings is 4. The summed E-state index contributed by atoms with van der Waals surface area (Å²) in [6.07, 6.45) is -2.03. The lowest BCUT2D eigenvalue weighted by Crippen LogP contribution is -2.43. The number of amides is 1. The van der Waals surface area contributed by atoms with Crippen molar-refractivity contribution in [2.45, 2.75) is 25.4 Å². The number of nitro benzene ring substituents is 1. The molecule has 0 spiro atoms. The second-order valence-corrected chi connectivity index (χ2v) is 8.48. The second kappa shape index (κ2) is 13.5.